The molecule has 0 aromatic heterocycles. The Labute approximate surface area is 115 Å². The Bertz CT molecular complexity index is 401. The topological polar surface area (TPSA) is 30.5 Å². The van der Waals surface area contributed by atoms with Crippen LogP contribution in [0.25, 0.3) is 0 Å². The van der Waals surface area contributed by atoms with Crippen molar-refractivity contribution >= 4 is 0 Å². The Hall–Kier alpha value is -1.48. The van der Waals surface area contributed by atoms with Crippen molar-refractivity contribution in [2.75, 3.05) is 20.2 Å². The van der Waals surface area contributed by atoms with Crippen molar-refractivity contribution in [1.82, 2.24) is 5.32 Å². The van der Waals surface area contributed by atoms with Crippen LogP contribution in [0.4, 0.5) is 0 Å². The zero-order valence-corrected chi connectivity index (χ0v) is 11.6. The fraction of sp³-hybridized carbons (Fsp3) is 0.500. The van der Waals surface area contributed by atoms with E-state index in [1.165, 1.54) is 12.8 Å². The highest BCUT2D eigenvalue weighted by Gasteiger charge is 2.32. The summed E-state index contributed by atoms with van der Waals surface area (Å²) in [7, 11) is 1.98. The molecule has 0 radical (unpaired) electrons. The van der Waals surface area contributed by atoms with Gasteiger partial charge < -0.3 is 14.8 Å². The third kappa shape index (κ3) is 4.60. The highest BCUT2D eigenvalue weighted by Crippen LogP contribution is 2.36. The van der Waals surface area contributed by atoms with Gasteiger partial charge in [0, 0.05) is 6.07 Å². The van der Waals surface area contributed by atoms with Crippen molar-refractivity contribution in [3.05, 3.63) is 36.9 Å². The normalized spacial score (nSPS) is 15.8. The molecule has 104 valence electrons. The summed E-state index contributed by atoms with van der Waals surface area (Å²) in [4.78, 5) is 0. The fourth-order valence-electron chi connectivity index (χ4n) is 2.11. The highest BCUT2D eigenvalue weighted by molar-refractivity contribution is 5.33. The summed E-state index contributed by atoms with van der Waals surface area (Å²) in [5.41, 5.74) is 0. The molecule has 1 atom stereocenters. The second kappa shape index (κ2) is 7.19. The smallest absolute Gasteiger partial charge is 0.123 e. The number of benzene rings is 1. The maximum Gasteiger partial charge on any atom is 0.123 e. The van der Waals surface area contributed by atoms with Crippen LogP contribution in [-0.2, 0) is 0 Å². The SMILES string of the molecule is C=CCOc1cccc(OC(CCNC)C2CC2)c1. The summed E-state index contributed by atoms with van der Waals surface area (Å²) >= 11 is 0. The summed E-state index contributed by atoms with van der Waals surface area (Å²) < 4.78 is 11.6. The zero-order chi connectivity index (χ0) is 13.5. The molecule has 1 N–H and O–H groups in total. The van der Waals surface area contributed by atoms with E-state index in [4.69, 9.17) is 9.47 Å². The number of ether oxygens (including phenoxy) is 2. The van der Waals surface area contributed by atoms with E-state index in [9.17, 15) is 0 Å². The molecule has 1 unspecified atom stereocenters. The first-order chi connectivity index (χ1) is 9.33. The average molecular weight is 261 g/mol. The molecule has 1 aliphatic rings. The Morgan fingerprint density at radius 2 is 2.21 bits per heavy atom. The predicted octanol–water partition coefficient (Wildman–Crippen LogP) is 3.02. The summed E-state index contributed by atoms with van der Waals surface area (Å²) in [5, 5.41) is 3.19. The molecule has 1 saturated carbocycles. The number of hydrogen-bond donors (Lipinski definition) is 1. The van der Waals surface area contributed by atoms with Crippen LogP contribution in [-0.4, -0.2) is 26.3 Å². The van der Waals surface area contributed by atoms with Crippen LogP contribution in [0.5, 0.6) is 11.5 Å². The Morgan fingerprint density at radius 1 is 1.42 bits per heavy atom. The van der Waals surface area contributed by atoms with Gasteiger partial charge in [-0.3, -0.25) is 0 Å². The molecule has 0 amide bonds. The van der Waals surface area contributed by atoms with E-state index < -0.39 is 0 Å². The first kappa shape index (κ1) is 13.9. The van der Waals surface area contributed by atoms with Gasteiger partial charge in [0.15, 0.2) is 0 Å². The molecule has 3 heteroatoms. The summed E-state index contributed by atoms with van der Waals surface area (Å²) in [6, 6.07) is 7.86. The van der Waals surface area contributed by atoms with Crippen LogP contribution in [0.15, 0.2) is 36.9 Å². The van der Waals surface area contributed by atoms with Crippen LogP contribution in [0.3, 0.4) is 0 Å². The monoisotopic (exact) mass is 261 g/mol. The van der Waals surface area contributed by atoms with E-state index in [1.807, 2.05) is 31.3 Å². The quantitative estimate of drug-likeness (QED) is 0.693. The summed E-state index contributed by atoms with van der Waals surface area (Å²) in [5.74, 6) is 2.46. The van der Waals surface area contributed by atoms with Gasteiger partial charge in [0.2, 0.25) is 0 Å². The van der Waals surface area contributed by atoms with Gasteiger partial charge in [-0.1, -0.05) is 18.7 Å². The molecule has 0 bridgehead atoms. The standard InChI is InChI=1S/C16H23NO2/c1-3-11-18-14-5-4-6-15(12-14)19-16(9-10-17-2)13-7-8-13/h3-6,12-13,16-17H,1,7-11H2,2H3. The van der Waals surface area contributed by atoms with E-state index in [-0.39, 0.29) is 0 Å². The largest absolute Gasteiger partial charge is 0.490 e. The van der Waals surface area contributed by atoms with Crippen molar-refractivity contribution in [2.45, 2.75) is 25.4 Å². The Morgan fingerprint density at radius 3 is 2.89 bits per heavy atom. The zero-order valence-electron chi connectivity index (χ0n) is 11.6. The molecular formula is C16H23NO2. The first-order valence-electron chi connectivity index (χ1n) is 6.98. The van der Waals surface area contributed by atoms with Crippen LogP contribution in [0.1, 0.15) is 19.3 Å². The molecule has 0 heterocycles. The third-order valence-electron chi connectivity index (χ3n) is 3.29. The molecule has 1 aromatic rings. The Balaban J connectivity index is 1.93. The van der Waals surface area contributed by atoms with Gasteiger partial charge in [0.05, 0.1) is 0 Å². The van der Waals surface area contributed by atoms with E-state index in [2.05, 4.69) is 11.9 Å². The van der Waals surface area contributed by atoms with Crippen LogP contribution in [0.2, 0.25) is 0 Å². The highest BCUT2D eigenvalue weighted by atomic mass is 16.5. The molecule has 1 aliphatic carbocycles. The number of rotatable bonds is 9. The molecule has 0 spiro atoms. The maximum absolute atomic E-state index is 6.12. The fourth-order valence-corrected chi connectivity index (χ4v) is 2.11. The van der Waals surface area contributed by atoms with Gasteiger partial charge in [0.1, 0.15) is 24.2 Å². The number of nitrogens with one attached hydrogen (secondary N) is 1. The second-order valence-electron chi connectivity index (χ2n) is 4.96. The minimum Gasteiger partial charge on any atom is -0.490 e. The molecule has 2 rings (SSSR count). The van der Waals surface area contributed by atoms with Crippen molar-refractivity contribution in [1.29, 1.82) is 0 Å². The van der Waals surface area contributed by atoms with E-state index in [0.29, 0.717) is 12.7 Å². The lowest BCUT2D eigenvalue weighted by Gasteiger charge is -2.19. The van der Waals surface area contributed by atoms with Crippen molar-refractivity contribution < 1.29 is 9.47 Å². The van der Waals surface area contributed by atoms with Crippen LogP contribution < -0.4 is 14.8 Å². The van der Waals surface area contributed by atoms with Crippen LogP contribution in [0, 0.1) is 5.92 Å². The minimum atomic E-state index is 0.321. The van der Waals surface area contributed by atoms with E-state index >= 15 is 0 Å². The summed E-state index contributed by atoms with van der Waals surface area (Å²) in [6.45, 7) is 5.17. The molecule has 1 fully saturated rings. The minimum absolute atomic E-state index is 0.321. The molecule has 3 nitrogen and oxygen atoms in total. The van der Waals surface area contributed by atoms with Gasteiger partial charge >= 0.3 is 0 Å². The van der Waals surface area contributed by atoms with Gasteiger partial charge in [0.25, 0.3) is 0 Å². The molecule has 1 aromatic carbocycles. The molecule has 19 heavy (non-hydrogen) atoms. The summed E-state index contributed by atoms with van der Waals surface area (Å²) in [6.07, 6.45) is 5.70. The lowest BCUT2D eigenvalue weighted by molar-refractivity contribution is 0.167. The third-order valence-corrected chi connectivity index (χ3v) is 3.29. The van der Waals surface area contributed by atoms with Gasteiger partial charge in [-0.2, -0.15) is 0 Å². The van der Waals surface area contributed by atoms with Crippen molar-refractivity contribution in [2.24, 2.45) is 5.92 Å². The van der Waals surface area contributed by atoms with E-state index in [1.54, 1.807) is 6.08 Å². The van der Waals surface area contributed by atoms with Crippen LogP contribution >= 0.6 is 0 Å². The van der Waals surface area contributed by atoms with Gasteiger partial charge in [-0.25, -0.2) is 0 Å². The average Bonchev–Trinajstić information content (AvgIpc) is 3.26. The lowest BCUT2D eigenvalue weighted by atomic mass is 10.1. The predicted molar refractivity (Wildman–Crippen MR) is 77.8 cm³/mol. The Kier molecular flexibility index (Phi) is 5.28. The van der Waals surface area contributed by atoms with Gasteiger partial charge in [-0.15, -0.1) is 0 Å². The lowest BCUT2D eigenvalue weighted by Crippen LogP contribution is -2.24. The van der Waals surface area contributed by atoms with E-state index in [0.717, 1.165) is 30.4 Å². The van der Waals surface area contributed by atoms with Gasteiger partial charge in [-0.05, 0) is 50.9 Å². The maximum atomic E-state index is 6.12. The van der Waals surface area contributed by atoms with Crippen molar-refractivity contribution in [3.8, 4) is 11.5 Å². The molecule has 0 saturated heterocycles. The number of hydrogen-bond acceptors (Lipinski definition) is 3. The molecule has 0 aliphatic heterocycles. The molecular weight excluding hydrogens is 238 g/mol. The van der Waals surface area contributed by atoms with Crippen molar-refractivity contribution in [3.63, 3.8) is 0 Å². The first-order valence-corrected chi connectivity index (χ1v) is 6.98. The second-order valence-corrected chi connectivity index (χ2v) is 4.96.